The van der Waals surface area contributed by atoms with Crippen molar-refractivity contribution < 1.29 is 14.0 Å². The molecule has 2 unspecified atom stereocenters. The van der Waals surface area contributed by atoms with Crippen molar-refractivity contribution in [3.05, 3.63) is 47.2 Å². The molecule has 4 heterocycles. The Hall–Kier alpha value is -2.63. The maximum absolute atomic E-state index is 13.3. The smallest absolute Gasteiger partial charge is 0.258 e. The predicted octanol–water partition coefficient (Wildman–Crippen LogP) is 2.99. The van der Waals surface area contributed by atoms with Gasteiger partial charge in [0.2, 0.25) is 0 Å². The molecule has 0 N–H and O–H groups in total. The molecule has 1 saturated heterocycles. The van der Waals surface area contributed by atoms with Crippen molar-refractivity contribution in [3.8, 4) is 0 Å². The van der Waals surface area contributed by atoms with Crippen LogP contribution in [0.4, 0.5) is 0 Å². The van der Waals surface area contributed by atoms with Crippen LogP contribution < -0.4 is 0 Å². The third-order valence-electron chi connectivity index (χ3n) is 5.96. The Morgan fingerprint density at radius 3 is 2.96 bits per heavy atom. The molecule has 2 bridgehead atoms. The number of hydrogen-bond donors (Lipinski definition) is 0. The lowest BCUT2D eigenvalue weighted by atomic mass is 9.92. The molecule has 1 fully saturated rings. The summed E-state index contributed by atoms with van der Waals surface area (Å²) in [6, 6.07) is 2.27. The van der Waals surface area contributed by atoms with Crippen LogP contribution in [-0.4, -0.2) is 38.5 Å². The number of hydrogen-bond acceptors (Lipinski definition) is 4. The van der Waals surface area contributed by atoms with E-state index < -0.39 is 0 Å². The Morgan fingerprint density at radius 1 is 1.31 bits per heavy atom. The molecule has 6 nitrogen and oxygen atoms in total. The summed E-state index contributed by atoms with van der Waals surface area (Å²) >= 11 is 0. The van der Waals surface area contributed by atoms with Gasteiger partial charge < -0.3 is 9.32 Å². The van der Waals surface area contributed by atoms with Gasteiger partial charge in [-0.25, -0.2) is 0 Å². The van der Waals surface area contributed by atoms with Crippen LogP contribution in [0.15, 0.2) is 29.0 Å². The number of aryl methyl sites for hydroxylation is 2. The van der Waals surface area contributed by atoms with E-state index in [1.807, 2.05) is 22.7 Å². The van der Waals surface area contributed by atoms with Crippen molar-refractivity contribution in [1.29, 1.82) is 0 Å². The summed E-state index contributed by atoms with van der Waals surface area (Å²) in [4.78, 5) is 27.6. The Labute approximate surface area is 151 Å². The zero-order valence-corrected chi connectivity index (χ0v) is 14.8. The van der Waals surface area contributed by atoms with E-state index in [0.717, 1.165) is 37.8 Å². The topological polar surface area (TPSA) is 68.3 Å². The predicted molar refractivity (Wildman–Crippen MR) is 94.8 cm³/mol. The minimum absolute atomic E-state index is 0.0406. The molecule has 134 valence electrons. The number of Topliss-reactive ketones (excluding diaryl/α,β-unsaturated/α-hetero) is 1. The van der Waals surface area contributed by atoms with Crippen molar-refractivity contribution in [1.82, 2.24) is 14.7 Å². The van der Waals surface area contributed by atoms with Gasteiger partial charge in [0.15, 0.2) is 5.78 Å². The van der Waals surface area contributed by atoms with Crippen LogP contribution in [0.3, 0.4) is 0 Å². The van der Waals surface area contributed by atoms with E-state index in [1.165, 1.54) is 11.8 Å². The quantitative estimate of drug-likeness (QED) is 0.834. The Kier molecular flexibility index (Phi) is 3.42. The molecular weight excluding hydrogens is 330 g/mol. The van der Waals surface area contributed by atoms with Crippen molar-refractivity contribution in [2.75, 3.05) is 0 Å². The maximum Gasteiger partial charge on any atom is 0.258 e. The molecular formula is C20H21N3O3. The first kappa shape index (κ1) is 15.6. The number of fused-ring (bicyclic) bond motifs is 3. The monoisotopic (exact) mass is 351 g/mol. The second-order valence-corrected chi connectivity index (χ2v) is 7.47. The van der Waals surface area contributed by atoms with Gasteiger partial charge in [0.05, 0.1) is 22.9 Å². The number of furan rings is 1. The van der Waals surface area contributed by atoms with Crippen LogP contribution in [0.25, 0.3) is 5.57 Å². The first-order chi connectivity index (χ1) is 12.6. The van der Waals surface area contributed by atoms with Gasteiger partial charge in [-0.1, -0.05) is 6.08 Å². The minimum atomic E-state index is -0.0574. The van der Waals surface area contributed by atoms with Gasteiger partial charge in [0.1, 0.15) is 12.0 Å². The van der Waals surface area contributed by atoms with Crippen molar-refractivity contribution in [2.24, 2.45) is 7.05 Å². The third kappa shape index (κ3) is 2.21. The molecule has 0 aromatic carbocycles. The summed E-state index contributed by atoms with van der Waals surface area (Å²) in [6.07, 6.45) is 10.3. The third-order valence-corrected chi connectivity index (χ3v) is 5.96. The molecule has 2 atom stereocenters. The van der Waals surface area contributed by atoms with E-state index >= 15 is 0 Å². The molecule has 0 radical (unpaired) electrons. The fourth-order valence-electron chi connectivity index (χ4n) is 4.74. The van der Waals surface area contributed by atoms with Crippen LogP contribution in [0.2, 0.25) is 0 Å². The van der Waals surface area contributed by atoms with Crippen LogP contribution >= 0.6 is 0 Å². The van der Waals surface area contributed by atoms with E-state index in [9.17, 15) is 9.59 Å². The van der Waals surface area contributed by atoms with E-state index in [-0.39, 0.29) is 23.8 Å². The van der Waals surface area contributed by atoms with Crippen molar-refractivity contribution in [3.63, 3.8) is 0 Å². The number of carbonyl (C=O) groups is 2. The van der Waals surface area contributed by atoms with Gasteiger partial charge in [0, 0.05) is 32.1 Å². The highest BCUT2D eigenvalue weighted by Gasteiger charge is 2.42. The molecule has 26 heavy (non-hydrogen) atoms. The summed E-state index contributed by atoms with van der Waals surface area (Å²) in [5, 5.41) is 4.26. The average molecular weight is 351 g/mol. The maximum atomic E-state index is 13.3. The molecule has 2 aromatic rings. The van der Waals surface area contributed by atoms with E-state index in [4.69, 9.17) is 4.42 Å². The molecule has 0 saturated carbocycles. The van der Waals surface area contributed by atoms with Gasteiger partial charge in [0.25, 0.3) is 5.91 Å². The van der Waals surface area contributed by atoms with Gasteiger partial charge in [-0.3, -0.25) is 14.3 Å². The number of ketones is 1. The van der Waals surface area contributed by atoms with Crippen molar-refractivity contribution >= 4 is 17.3 Å². The Bertz CT molecular complexity index is 936. The zero-order chi connectivity index (χ0) is 17.8. The molecule has 6 heteroatoms. The number of rotatable bonds is 2. The summed E-state index contributed by atoms with van der Waals surface area (Å²) in [5.74, 6) is 0.664. The number of carbonyl (C=O) groups excluding carboxylic acids is 2. The van der Waals surface area contributed by atoms with E-state index in [0.29, 0.717) is 23.3 Å². The van der Waals surface area contributed by atoms with Crippen molar-refractivity contribution in [2.45, 2.75) is 50.6 Å². The summed E-state index contributed by atoms with van der Waals surface area (Å²) in [5.41, 5.74) is 3.36. The second kappa shape index (κ2) is 5.69. The fourth-order valence-corrected chi connectivity index (χ4v) is 4.74. The van der Waals surface area contributed by atoms with E-state index in [2.05, 4.69) is 11.2 Å². The summed E-state index contributed by atoms with van der Waals surface area (Å²) in [7, 11) is 1.94. The van der Waals surface area contributed by atoms with Crippen LogP contribution in [0, 0.1) is 0 Å². The minimum Gasteiger partial charge on any atom is -0.468 e. The average Bonchev–Trinajstić information content (AvgIpc) is 3.31. The second-order valence-electron chi connectivity index (χ2n) is 7.47. The van der Waals surface area contributed by atoms with Crippen LogP contribution in [0.1, 0.15) is 64.3 Å². The Morgan fingerprint density at radius 2 is 2.19 bits per heavy atom. The molecule has 3 aliphatic rings. The first-order valence-corrected chi connectivity index (χ1v) is 9.29. The van der Waals surface area contributed by atoms with Gasteiger partial charge >= 0.3 is 0 Å². The lowest BCUT2D eigenvalue weighted by Gasteiger charge is -2.34. The molecule has 2 aromatic heterocycles. The highest BCUT2D eigenvalue weighted by atomic mass is 16.3. The number of nitrogens with zero attached hydrogens (tertiary/aromatic N) is 3. The normalized spacial score (nSPS) is 24.6. The molecule has 5 rings (SSSR count). The fraction of sp³-hybridized carbons (Fsp3) is 0.450. The molecule has 1 aliphatic carbocycles. The molecule has 2 aliphatic heterocycles. The van der Waals surface area contributed by atoms with E-state index in [1.54, 1.807) is 6.20 Å². The lowest BCUT2D eigenvalue weighted by Crippen LogP contribution is -2.43. The zero-order valence-electron chi connectivity index (χ0n) is 14.8. The SMILES string of the molecule is Cn1nccc1C1=CC2CCC(C1)N2C(=O)c1coc2c1C(=O)CCC2. The first-order valence-electron chi connectivity index (χ1n) is 9.29. The van der Waals surface area contributed by atoms with Gasteiger partial charge in [-0.15, -0.1) is 0 Å². The number of amides is 1. The molecule has 1 amide bonds. The largest absolute Gasteiger partial charge is 0.468 e. The van der Waals surface area contributed by atoms with Crippen LogP contribution in [-0.2, 0) is 13.5 Å². The van der Waals surface area contributed by atoms with Gasteiger partial charge in [-0.05, 0) is 37.3 Å². The number of aromatic nitrogens is 2. The van der Waals surface area contributed by atoms with Crippen LogP contribution in [0.5, 0.6) is 0 Å². The Balaban J connectivity index is 1.48. The highest BCUT2D eigenvalue weighted by Crippen LogP contribution is 2.40. The summed E-state index contributed by atoms with van der Waals surface area (Å²) < 4.78 is 7.44. The molecule has 0 spiro atoms. The standard InChI is InChI=1S/C20H21N3O3/c1-22-16(7-8-21-22)12-9-13-5-6-14(10-12)23(13)20(25)15-11-26-18-4-2-3-17(24)19(15)18/h7-9,11,13-14H,2-6,10H2,1H3. The summed E-state index contributed by atoms with van der Waals surface area (Å²) in [6.45, 7) is 0. The lowest BCUT2D eigenvalue weighted by molar-refractivity contribution is 0.0687. The highest BCUT2D eigenvalue weighted by molar-refractivity contribution is 6.09. The van der Waals surface area contributed by atoms with Gasteiger partial charge in [-0.2, -0.15) is 5.10 Å².